The number of hydrogen-bond acceptors (Lipinski definition) is 4. The number of benzene rings is 1. The highest BCUT2D eigenvalue weighted by Gasteiger charge is 2.39. The fraction of sp³-hybridized carbons (Fsp3) is 0.708. The van der Waals surface area contributed by atoms with Gasteiger partial charge in [0.25, 0.3) is 0 Å². The Kier molecular flexibility index (Phi) is 7.16. The highest BCUT2D eigenvalue weighted by molar-refractivity contribution is 5.75. The van der Waals surface area contributed by atoms with Gasteiger partial charge in [-0.25, -0.2) is 0 Å². The molecule has 1 unspecified atom stereocenters. The maximum atomic E-state index is 12.5. The zero-order valence-corrected chi connectivity index (χ0v) is 17.8. The molecular weight excluding hydrogens is 350 g/mol. The second kappa shape index (κ2) is 9.41. The molecule has 1 aromatic carbocycles. The summed E-state index contributed by atoms with van der Waals surface area (Å²) in [6, 6.07) is 7.86. The zero-order chi connectivity index (χ0) is 20.1. The average Bonchev–Trinajstić information content (AvgIpc) is 2.68. The lowest BCUT2D eigenvalue weighted by Gasteiger charge is -2.40. The lowest BCUT2D eigenvalue weighted by molar-refractivity contribution is -0.140. The van der Waals surface area contributed by atoms with Crippen LogP contribution >= 0.6 is 0 Å². The number of aliphatic hydroxyl groups is 1. The van der Waals surface area contributed by atoms with Crippen LogP contribution in [0.1, 0.15) is 76.2 Å². The number of hydrogen-bond donors (Lipinski definition) is 1. The van der Waals surface area contributed by atoms with Crippen LogP contribution < -0.4 is 4.74 Å². The van der Waals surface area contributed by atoms with Gasteiger partial charge in [-0.2, -0.15) is 0 Å². The minimum Gasteiger partial charge on any atom is -0.426 e. The number of likely N-dealkylation sites (N-methyl/N-ethyl adjacent to an activating group) is 1. The number of esters is 1. The molecule has 2 fully saturated rings. The van der Waals surface area contributed by atoms with Crippen molar-refractivity contribution in [1.29, 1.82) is 0 Å². The Hall–Kier alpha value is -1.39. The first-order chi connectivity index (χ1) is 13.4. The second-order valence-electron chi connectivity index (χ2n) is 9.43. The average molecular weight is 388 g/mol. The van der Waals surface area contributed by atoms with Crippen LogP contribution in [0.2, 0.25) is 0 Å². The lowest BCUT2D eigenvalue weighted by atomic mass is 9.72. The molecule has 28 heavy (non-hydrogen) atoms. The molecule has 0 radical (unpaired) electrons. The summed E-state index contributed by atoms with van der Waals surface area (Å²) in [5.74, 6) is 1.37. The van der Waals surface area contributed by atoms with E-state index in [1.54, 1.807) is 0 Å². The lowest BCUT2D eigenvalue weighted by Crippen LogP contribution is -2.42. The van der Waals surface area contributed by atoms with E-state index in [1.807, 2.05) is 24.3 Å². The Morgan fingerprint density at radius 3 is 2.29 bits per heavy atom. The quantitative estimate of drug-likeness (QED) is 0.565. The standard InChI is InChI=1S/C24H37NO3/c1-18-7-9-20(10-8-18)23(26)28-21-13-11-19(12-14-21)22(17-25(2)3)24(27)15-5-4-6-16-24/h11-14,18,20,22,27H,4-10,15-17H2,1-3H3. The molecule has 156 valence electrons. The maximum absolute atomic E-state index is 12.5. The first kappa shape index (κ1) is 21.3. The van der Waals surface area contributed by atoms with Gasteiger partial charge in [0.2, 0.25) is 0 Å². The van der Waals surface area contributed by atoms with Gasteiger partial charge in [0.05, 0.1) is 11.5 Å². The van der Waals surface area contributed by atoms with Crippen LogP contribution in [0.25, 0.3) is 0 Å². The van der Waals surface area contributed by atoms with Crippen LogP contribution in [0, 0.1) is 11.8 Å². The summed E-state index contributed by atoms with van der Waals surface area (Å²) in [5, 5.41) is 11.3. The second-order valence-corrected chi connectivity index (χ2v) is 9.43. The number of carbonyl (C=O) groups excluding carboxylic acids is 1. The topological polar surface area (TPSA) is 49.8 Å². The van der Waals surface area contributed by atoms with Gasteiger partial charge in [0, 0.05) is 12.5 Å². The van der Waals surface area contributed by atoms with Crippen molar-refractivity contribution >= 4 is 5.97 Å². The normalized spacial score (nSPS) is 26.0. The molecule has 2 saturated carbocycles. The van der Waals surface area contributed by atoms with Crippen LogP contribution in [0.15, 0.2) is 24.3 Å². The van der Waals surface area contributed by atoms with Gasteiger partial charge >= 0.3 is 5.97 Å². The van der Waals surface area contributed by atoms with Crippen molar-refractivity contribution in [3.8, 4) is 5.75 Å². The molecule has 2 aliphatic carbocycles. The predicted octanol–water partition coefficient (Wildman–Crippen LogP) is 4.76. The molecule has 0 bridgehead atoms. The summed E-state index contributed by atoms with van der Waals surface area (Å²) in [6.45, 7) is 3.07. The van der Waals surface area contributed by atoms with Crippen LogP contribution in [0.5, 0.6) is 5.75 Å². The monoisotopic (exact) mass is 387 g/mol. The van der Waals surface area contributed by atoms with Crippen LogP contribution in [-0.4, -0.2) is 42.2 Å². The van der Waals surface area contributed by atoms with Crippen molar-refractivity contribution in [2.75, 3.05) is 20.6 Å². The van der Waals surface area contributed by atoms with Crippen molar-refractivity contribution in [3.63, 3.8) is 0 Å². The Balaban J connectivity index is 1.67. The van der Waals surface area contributed by atoms with Crippen LogP contribution in [-0.2, 0) is 4.79 Å². The summed E-state index contributed by atoms with van der Waals surface area (Å²) in [5.41, 5.74) is 0.490. The molecule has 0 aromatic heterocycles. The van der Waals surface area contributed by atoms with E-state index in [1.165, 1.54) is 6.42 Å². The molecule has 1 atom stereocenters. The molecule has 0 amide bonds. The summed E-state index contributed by atoms with van der Waals surface area (Å²) < 4.78 is 5.66. The molecule has 0 heterocycles. The zero-order valence-electron chi connectivity index (χ0n) is 17.8. The fourth-order valence-corrected chi connectivity index (χ4v) is 4.93. The molecule has 1 aromatic rings. The summed E-state index contributed by atoms with van der Waals surface area (Å²) in [4.78, 5) is 14.6. The van der Waals surface area contributed by atoms with E-state index < -0.39 is 5.60 Å². The number of ether oxygens (including phenoxy) is 1. The van der Waals surface area contributed by atoms with Gasteiger partial charge in [0.1, 0.15) is 5.75 Å². The van der Waals surface area contributed by atoms with Gasteiger partial charge in [-0.15, -0.1) is 0 Å². The van der Waals surface area contributed by atoms with Crippen molar-refractivity contribution in [2.24, 2.45) is 11.8 Å². The molecule has 0 aliphatic heterocycles. The van der Waals surface area contributed by atoms with E-state index in [9.17, 15) is 9.90 Å². The van der Waals surface area contributed by atoms with Gasteiger partial charge in [-0.3, -0.25) is 4.79 Å². The third-order valence-corrected chi connectivity index (χ3v) is 6.77. The van der Waals surface area contributed by atoms with Crippen LogP contribution in [0.3, 0.4) is 0 Å². The van der Waals surface area contributed by atoms with Crippen molar-refractivity contribution in [1.82, 2.24) is 4.90 Å². The van der Waals surface area contributed by atoms with Gasteiger partial charge in [-0.05, 0) is 76.2 Å². The molecule has 2 aliphatic rings. The maximum Gasteiger partial charge on any atom is 0.314 e. The number of nitrogens with zero attached hydrogens (tertiary/aromatic N) is 1. The largest absolute Gasteiger partial charge is 0.426 e. The summed E-state index contributed by atoms with van der Waals surface area (Å²) >= 11 is 0. The Morgan fingerprint density at radius 2 is 1.71 bits per heavy atom. The summed E-state index contributed by atoms with van der Waals surface area (Å²) in [7, 11) is 4.11. The first-order valence-corrected chi connectivity index (χ1v) is 11.1. The Labute approximate surface area is 170 Å². The van der Waals surface area contributed by atoms with Gasteiger partial charge in [0.15, 0.2) is 0 Å². The highest BCUT2D eigenvalue weighted by Crippen LogP contribution is 2.40. The van der Waals surface area contributed by atoms with E-state index in [-0.39, 0.29) is 17.8 Å². The Morgan fingerprint density at radius 1 is 1.11 bits per heavy atom. The minimum atomic E-state index is -0.639. The van der Waals surface area contributed by atoms with Crippen LogP contribution in [0.4, 0.5) is 0 Å². The van der Waals surface area contributed by atoms with Crippen molar-refractivity contribution in [2.45, 2.75) is 76.2 Å². The van der Waals surface area contributed by atoms with E-state index in [0.29, 0.717) is 5.75 Å². The van der Waals surface area contributed by atoms with Gasteiger partial charge in [-0.1, -0.05) is 38.3 Å². The third-order valence-electron chi connectivity index (χ3n) is 6.77. The van der Waals surface area contributed by atoms with Gasteiger partial charge < -0.3 is 14.7 Å². The minimum absolute atomic E-state index is 0.0420. The Bertz CT molecular complexity index is 626. The summed E-state index contributed by atoms with van der Waals surface area (Å²) in [6.07, 6.45) is 9.24. The molecule has 4 heteroatoms. The third kappa shape index (κ3) is 5.36. The van der Waals surface area contributed by atoms with E-state index in [2.05, 4.69) is 25.9 Å². The highest BCUT2D eigenvalue weighted by atomic mass is 16.5. The molecule has 4 nitrogen and oxygen atoms in total. The van der Waals surface area contributed by atoms with E-state index >= 15 is 0 Å². The van der Waals surface area contributed by atoms with E-state index in [4.69, 9.17) is 4.74 Å². The number of rotatable bonds is 6. The first-order valence-electron chi connectivity index (χ1n) is 11.1. The molecule has 3 rings (SSSR count). The van der Waals surface area contributed by atoms with Crippen molar-refractivity contribution in [3.05, 3.63) is 29.8 Å². The van der Waals surface area contributed by atoms with E-state index in [0.717, 1.165) is 69.4 Å². The molecule has 0 saturated heterocycles. The fourth-order valence-electron chi connectivity index (χ4n) is 4.93. The SMILES string of the molecule is CC1CCC(C(=O)Oc2ccc(C(CN(C)C)C3(O)CCCCC3)cc2)CC1. The number of carbonyl (C=O) groups is 1. The van der Waals surface area contributed by atoms with Crippen molar-refractivity contribution < 1.29 is 14.6 Å². The smallest absolute Gasteiger partial charge is 0.314 e. The molecular formula is C24H37NO3. The molecule has 1 N–H and O–H groups in total. The molecule has 0 spiro atoms. The predicted molar refractivity (Wildman–Crippen MR) is 113 cm³/mol.